The van der Waals surface area contributed by atoms with Crippen molar-refractivity contribution in [1.29, 1.82) is 0 Å². The minimum absolute atomic E-state index is 0.118. The number of benzene rings is 1. The number of likely N-dealkylation sites (N-methyl/N-ethyl adjacent to an activating group) is 1. The molecule has 1 aliphatic rings. The first kappa shape index (κ1) is 26.2. The fourth-order valence-corrected chi connectivity index (χ4v) is 5.72. The fourth-order valence-electron chi connectivity index (χ4n) is 4.36. The van der Waals surface area contributed by atoms with E-state index < -0.39 is 17.8 Å². The molecular formula is C25H26ClF3N4O2S. The highest BCUT2D eigenvalue weighted by molar-refractivity contribution is 7.16. The molecule has 0 saturated carbocycles. The third-order valence-electron chi connectivity index (χ3n) is 6.02. The van der Waals surface area contributed by atoms with Crippen LogP contribution in [0.5, 0.6) is 5.75 Å². The van der Waals surface area contributed by atoms with Crippen LogP contribution in [0, 0.1) is 0 Å². The summed E-state index contributed by atoms with van der Waals surface area (Å²) in [6.45, 7) is 3.18. The molecule has 1 N–H and O–H groups in total. The maximum atomic E-state index is 13.9. The number of thiophene rings is 1. The van der Waals surface area contributed by atoms with Gasteiger partial charge in [0.05, 0.1) is 10.9 Å². The van der Waals surface area contributed by atoms with Crippen molar-refractivity contribution in [2.45, 2.75) is 32.1 Å². The number of nitrogens with zero attached hydrogens (tertiary/aromatic N) is 4. The average Bonchev–Trinajstić information content (AvgIpc) is 3.41. The summed E-state index contributed by atoms with van der Waals surface area (Å²) in [6, 6.07) is 6.20. The number of halogens is 4. The van der Waals surface area contributed by atoms with E-state index in [-0.39, 0.29) is 35.9 Å². The van der Waals surface area contributed by atoms with Crippen LogP contribution < -0.4 is 0 Å². The van der Waals surface area contributed by atoms with Crippen molar-refractivity contribution in [3.05, 3.63) is 68.6 Å². The van der Waals surface area contributed by atoms with E-state index in [1.165, 1.54) is 40.4 Å². The normalized spacial score (nSPS) is 16.2. The number of hydrogen-bond donors (Lipinski definition) is 1. The van der Waals surface area contributed by atoms with Gasteiger partial charge in [0.1, 0.15) is 5.75 Å². The number of hydrogen-bond acceptors (Lipinski definition) is 5. The quantitative estimate of drug-likeness (QED) is 0.415. The highest BCUT2D eigenvalue weighted by atomic mass is 35.5. The molecule has 36 heavy (non-hydrogen) atoms. The Morgan fingerprint density at radius 1 is 1.28 bits per heavy atom. The number of alkyl halides is 3. The van der Waals surface area contributed by atoms with E-state index in [0.29, 0.717) is 23.0 Å². The van der Waals surface area contributed by atoms with E-state index in [4.69, 9.17) is 11.6 Å². The van der Waals surface area contributed by atoms with E-state index in [2.05, 4.69) is 5.10 Å². The van der Waals surface area contributed by atoms with Crippen molar-refractivity contribution >= 4 is 28.8 Å². The maximum Gasteiger partial charge on any atom is 0.435 e. The molecule has 1 amide bonds. The lowest BCUT2D eigenvalue weighted by atomic mass is 9.83. The Hall–Kier alpha value is -2.82. The molecule has 0 spiro atoms. The van der Waals surface area contributed by atoms with Crippen LogP contribution in [-0.2, 0) is 24.1 Å². The predicted octanol–water partition coefficient (Wildman–Crippen LogP) is 5.60. The largest absolute Gasteiger partial charge is 0.508 e. The molecular weight excluding hydrogens is 513 g/mol. The van der Waals surface area contributed by atoms with Gasteiger partial charge in [-0.1, -0.05) is 23.7 Å². The molecule has 0 aliphatic carbocycles. The van der Waals surface area contributed by atoms with Gasteiger partial charge in [0, 0.05) is 48.3 Å². The van der Waals surface area contributed by atoms with Gasteiger partial charge in [-0.05, 0) is 55.9 Å². The zero-order valence-corrected chi connectivity index (χ0v) is 21.6. The van der Waals surface area contributed by atoms with Crippen LogP contribution in [0.4, 0.5) is 13.2 Å². The van der Waals surface area contributed by atoms with Crippen molar-refractivity contribution in [3.63, 3.8) is 0 Å². The van der Waals surface area contributed by atoms with Gasteiger partial charge in [-0.2, -0.15) is 18.3 Å². The molecule has 0 saturated heterocycles. The Kier molecular flexibility index (Phi) is 7.49. The standard InChI is InChI=1S/C25H26ClF3N4O2S/c1-4-33-13-20(24(30-33)25(27,28)29)17-10-15(34)7-8-16(17)19-12-32(23(35)6-5-9-31(2)3)14-21-18(19)11-22(26)36-21/h5-8,10-11,13,19,34H,4,9,12,14H2,1-3H3/b6-5+. The van der Waals surface area contributed by atoms with Crippen molar-refractivity contribution in [1.82, 2.24) is 19.6 Å². The summed E-state index contributed by atoms with van der Waals surface area (Å²) in [5.41, 5.74) is 0.509. The van der Waals surface area contributed by atoms with Crippen LogP contribution in [0.3, 0.4) is 0 Å². The number of carbonyl (C=O) groups is 1. The molecule has 11 heteroatoms. The summed E-state index contributed by atoms with van der Waals surface area (Å²) in [7, 11) is 3.79. The smallest absolute Gasteiger partial charge is 0.435 e. The van der Waals surface area contributed by atoms with Crippen LogP contribution in [-0.4, -0.2) is 57.8 Å². The Bertz CT molecular complexity index is 1300. The van der Waals surface area contributed by atoms with Crippen LogP contribution in [0.2, 0.25) is 4.34 Å². The van der Waals surface area contributed by atoms with Crippen LogP contribution in [0.1, 0.15) is 34.5 Å². The third kappa shape index (κ3) is 5.45. The molecule has 3 aromatic rings. The number of phenolic OH excluding ortho intramolecular Hbond substituents is 1. The zero-order valence-electron chi connectivity index (χ0n) is 20.0. The number of aromatic hydroxyl groups is 1. The van der Waals surface area contributed by atoms with E-state index in [9.17, 15) is 23.1 Å². The van der Waals surface area contributed by atoms with E-state index in [0.717, 1.165) is 10.4 Å². The number of rotatable bonds is 6. The minimum Gasteiger partial charge on any atom is -0.508 e. The van der Waals surface area contributed by atoms with Crippen molar-refractivity contribution in [2.75, 3.05) is 27.2 Å². The highest BCUT2D eigenvalue weighted by Gasteiger charge is 2.39. The number of carbonyl (C=O) groups excluding carboxylic acids is 1. The molecule has 0 fully saturated rings. The van der Waals surface area contributed by atoms with Crippen molar-refractivity contribution < 1.29 is 23.1 Å². The second-order valence-electron chi connectivity index (χ2n) is 8.88. The van der Waals surface area contributed by atoms with Crippen LogP contribution in [0.15, 0.2) is 42.6 Å². The van der Waals surface area contributed by atoms with Crippen LogP contribution in [0.25, 0.3) is 11.1 Å². The number of fused-ring (bicyclic) bond motifs is 1. The first-order valence-electron chi connectivity index (χ1n) is 11.3. The monoisotopic (exact) mass is 538 g/mol. The average molecular weight is 539 g/mol. The highest BCUT2D eigenvalue weighted by Crippen LogP contribution is 2.45. The maximum absolute atomic E-state index is 13.9. The number of aryl methyl sites for hydroxylation is 1. The van der Waals surface area contributed by atoms with Gasteiger partial charge < -0.3 is 14.9 Å². The molecule has 2 aromatic heterocycles. The summed E-state index contributed by atoms with van der Waals surface area (Å²) in [6.07, 6.45) is -0.0451. The second kappa shape index (κ2) is 10.3. The molecule has 3 heterocycles. The molecule has 192 valence electrons. The number of amides is 1. The summed E-state index contributed by atoms with van der Waals surface area (Å²) >= 11 is 7.68. The zero-order chi connectivity index (χ0) is 26.2. The summed E-state index contributed by atoms with van der Waals surface area (Å²) < 4.78 is 43.5. The lowest BCUT2D eigenvalue weighted by Gasteiger charge is -2.33. The van der Waals surface area contributed by atoms with Gasteiger partial charge in [-0.25, -0.2) is 0 Å². The Labute approximate surface area is 216 Å². The lowest BCUT2D eigenvalue weighted by Crippen LogP contribution is -2.37. The minimum atomic E-state index is -4.68. The van der Waals surface area contributed by atoms with Crippen LogP contribution >= 0.6 is 22.9 Å². The molecule has 0 radical (unpaired) electrons. The van der Waals surface area contributed by atoms with Gasteiger partial charge in [-0.15, -0.1) is 11.3 Å². The number of aromatic nitrogens is 2. The van der Waals surface area contributed by atoms with Gasteiger partial charge in [-0.3, -0.25) is 9.48 Å². The number of phenols is 1. The predicted molar refractivity (Wildman–Crippen MR) is 134 cm³/mol. The van der Waals surface area contributed by atoms with Gasteiger partial charge >= 0.3 is 6.18 Å². The molecule has 1 atom stereocenters. The van der Waals surface area contributed by atoms with E-state index in [1.54, 1.807) is 24.0 Å². The molecule has 4 rings (SSSR count). The third-order valence-corrected chi connectivity index (χ3v) is 7.29. The molecule has 6 nitrogen and oxygen atoms in total. The van der Waals surface area contributed by atoms with Gasteiger partial charge in [0.25, 0.3) is 0 Å². The topological polar surface area (TPSA) is 61.6 Å². The summed E-state index contributed by atoms with van der Waals surface area (Å²) in [5.74, 6) is -0.789. The molecule has 0 bridgehead atoms. The van der Waals surface area contributed by atoms with E-state index >= 15 is 0 Å². The van der Waals surface area contributed by atoms with Gasteiger partial charge in [0.15, 0.2) is 5.69 Å². The van der Waals surface area contributed by atoms with Gasteiger partial charge in [0.2, 0.25) is 5.91 Å². The lowest BCUT2D eigenvalue weighted by molar-refractivity contribution is -0.141. The first-order chi connectivity index (χ1) is 17.0. The second-order valence-corrected chi connectivity index (χ2v) is 10.6. The summed E-state index contributed by atoms with van der Waals surface area (Å²) in [5, 5.41) is 14.0. The Morgan fingerprint density at radius 3 is 2.69 bits per heavy atom. The first-order valence-corrected chi connectivity index (χ1v) is 12.5. The SMILES string of the molecule is CCn1cc(-c2cc(O)ccc2C2CN(C(=O)/C=C/CN(C)C)Cc3sc(Cl)cc32)c(C(F)(F)F)n1. The molecule has 1 aliphatic heterocycles. The van der Waals surface area contributed by atoms with Crippen molar-refractivity contribution in [3.8, 4) is 16.9 Å². The Balaban J connectivity index is 1.82. The van der Waals surface area contributed by atoms with E-state index in [1.807, 2.05) is 25.1 Å². The molecule has 1 aromatic carbocycles. The summed E-state index contributed by atoms with van der Waals surface area (Å²) in [4.78, 5) is 17.5. The molecule has 1 unspecified atom stereocenters. The Morgan fingerprint density at radius 2 is 2.03 bits per heavy atom. The van der Waals surface area contributed by atoms with Crippen molar-refractivity contribution in [2.24, 2.45) is 0 Å². The fraction of sp³-hybridized carbons (Fsp3) is 0.360.